The summed E-state index contributed by atoms with van der Waals surface area (Å²) in [5.74, 6) is -0.0424. The van der Waals surface area contributed by atoms with Gasteiger partial charge in [-0.1, -0.05) is 62.4 Å². The molecule has 2 aliphatic carbocycles. The number of allylic oxidation sites excluding steroid dienone is 1. The van der Waals surface area contributed by atoms with Crippen molar-refractivity contribution >= 4 is 61.2 Å². The number of hydrogen-bond acceptors (Lipinski definition) is 10. The molecule has 3 aliphatic rings. The van der Waals surface area contributed by atoms with Gasteiger partial charge in [0.1, 0.15) is 22.8 Å². The van der Waals surface area contributed by atoms with Gasteiger partial charge in [0.05, 0.1) is 21.6 Å². The van der Waals surface area contributed by atoms with Gasteiger partial charge in [-0.05, 0) is 103 Å². The number of aromatic nitrogens is 2. The highest BCUT2D eigenvalue weighted by molar-refractivity contribution is 7.90. The number of aromatic amines is 1. The number of nitro benzene ring substituents is 1. The molecule has 3 heterocycles. The van der Waals surface area contributed by atoms with Gasteiger partial charge in [-0.15, -0.1) is 0 Å². The molecular formula is C46H52ClN7O6S. The molecule has 61 heavy (non-hydrogen) atoms. The zero-order chi connectivity index (χ0) is 42.7. The Balaban J connectivity index is 1.00. The molecule has 1 aliphatic heterocycles. The summed E-state index contributed by atoms with van der Waals surface area (Å²) >= 11 is 6.24. The Morgan fingerprint density at radius 2 is 1.77 bits per heavy atom. The lowest BCUT2D eigenvalue weighted by atomic mass is 9.72. The molecule has 1 amide bonds. The van der Waals surface area contributed by atoms with Crippen molar-refractivity contribution in [1.82, 2.24) is 19.6 Å². The second kappa shape index (κ2) is 17.9. The molecule has 0 radical (unpaired) electrons. The quantitative estimate of drug-likeness (QED) is 0.0767. The largest absolute Gasteiger partial charge is 0.455 e. The second-order valence-corrected chi connectivity index (χ2v) is 19.4. The molecule has 5 aromatic rings. The predicted octanol–water partition coefficient (Wildman–Crippen LogP) is 9.81. The van der Waals surface area contributed by atoms with E-state index in [9.17, 15) is 23.3 Å². The molecule has 13 nitrogen and oxygen atoms in total. The number of nitrogens with zero attached hydrogens (tertiary/aromatic N) is 4. The van der Waals surface area contributed by atoms with E-state index in [-0.39, 0.29) is 28.1 Å². The summed E-state index contributed by atoms with van der Waals surface area (Å²) in [5, 5.41) is 16.8. The molecule has 0 atom stereocenters. The fourth-order valence-electron chi connectivity index (χ4n) is 8.84. The first-order chi connectivity index (χ1) is 29.3. The van der Waals surface area contributed by atoms with Gasteiger partial charge in [0.15, 0.2) is 0 Å². The SMILES string of the molecule is CC1(C)CCC(CN2CCN(c3ccc(C(=O)NS(=O)(=O)c4ccc(NCC5CCCCC5)c([N+](=O)[O-])c4)c(Oc4cnc5[nH]ccc5c4)c3)CC2)=C(c2ccc(Cl)cc2)C1. The Kier molecular flexibility index (Phi) is 12.4. The number of carbonyl (C=O) groups is 1. The van der Waals surface area contributed by atoms with Crippen LogP contribution in [0.25, 0.3) is 16.6 Å². The van der Waals surface area contributed by atoms with E-state index >= 15 is 0 Å². The van der Waals surface area contributed by atoms with Gasteiger partial charge in [0.2, 0.25) is 0 Å². The van der Waals surface area contributed by atoms with Crippen LogP contribution >= 0.6 is 11.6 Å². The molecule has 2 aromatic heterocycles. The fraction of sp³-hybridized carbons (Fsp3) is 0.391. The average Bonchev–Trinajstić information content (AvgIpc) is 3.72. The molecule has 8 rings (SSSR count). The van der Waals surface area contributed by atoms with Crippen molar-refractivity contribution in [2.45, 2.75) is 70.1 Å². The molecule has 2 fully saturated rings. The van der Waals surface area contributed by atoms with Crippen LogP contribution in [0.2, 0.25) is 5.02 Å². The first kappa shape index (κ1) is 42.3. The van der Waals surface area contributed by atoms with E-state index in [2.05, 4.69) is 55.8 Å². The van der Waals surface area contributed by atoms with Crippen LogP contribution in [-0.2, 0) is 10.0 Å². The molecule has 1 saturated heterocycles. The molecule has 3 N–H and O–H groups in total. The summed E-state index contributed by atoms with van der Waals surface area (Å²) in [7, 11) is -4.54. The minimum atomic E-state index is -4.54. The van der Waals surface area contributed by atoms with E-state index in [1.165, 1.54) is 41.5 Å². The lowest BCUT2D eigenvalue weighted by Gasteiger charge is -2.39. The average molecular weight is 866 g/mol. The number of benzene rings is 3. The molecule has 1 saturated carbocycles. The highest BCUT2D eigenvalue weighted by Crippen LogP contribution is 2.43. The highest BCUT2D eigenvalue weighted by atomic mass is 35.5. The first-order valence-electron chi connectivity index (χ1n) is 21.1. The Hall–Kier alpha value is -5.44. The number of fused-ring (bicyclic) bond motifs is 1. The van der Waals surface area contributed by atoms with Gasteiger partial charge in [-0.2, -0.15) is 0 Å². The molecule has 0 spiro atoms. The van der Waals surface area contributed by atoms with Gasteiger partial charge in [-0.3, -0.25) is 19.8 Å². The van der Waals surface area contributed by atoms with Crippen LogP contribution in [0.1, 0.15) is 81.1 Å². The molecule has 15 heteroatoms. The second-order valence-electron chi connectivity index (χ2n) is 17.3. The van der Waals surface area contributed by atoms with Crippen LogP contribution < -0.4 is 19.7 Å². The summed E-state index contributed by atoms with van der Waals surface area (Å²) in [6.07, 6.45) is 12.0. The van der Waals surface area contributed by atoms with E-state index in [0.717, 1.165) is 99.8 Å². The maximum Gasteiger partial charge on any atom is 0.293 e. The summed E-state index contributed by atoms with van der Waals surface area (Å²) in [4.78, 5) is 37.2. The van der Waals surface area contributed by atoms with Gasteiger partial charge in [-0.25, -0.2) is 18.1 Å². The number of carbonyl (C=O) groups excluding carboxylic acids is 1. The number of pyridine rings is 1. The Morgan fingerprint density at radius 1 is 1.00 bits per heavy atom. The van der Waals surface area contributed by atoms with Crippen molar-refractivity contribution in [3.8, 4) is 11.5 Å². The van der Waals surface area contributed by atoms with Gasteiger partial charge in [0.25, 0.3) is 21.6 Å². The number of anilines is 2. The van der Waals surface area contributed by atoms with Crippen LogP contribution in [0.4, 0.5) is 17.1 Å². The normalized spacial score (nSPS) is 17.7. The van der Waals surface area contributed by atoms with E-state index in [1.807, 2.05) is 18.2 Å². The van der Waals surface area contributed by atoms with Crippen molar-refractivity contribution in [3.63, 3.8) is 0 Å². The molecule has 320 valence electrons. The number of nitro groups is 1. The fourth-order valence-corrected chi connectivity index (χ4v) is 9.95. The first-order valence-corrected chi connectivity index (χ1v) is 22.9. The summed E-state index contributed by atoms with van der Waals surface area (Å²) in [6.45, 7) is 9.24. The lowest BCUT2D eigenvalue weighted by molar-refractivity contribution is -0.384. The van der Waals surface area contributed by atoms with Crippen molar-refractivity contribution in [1.29, 1.82) is 0 Å². The van der Waals surface area contributed by atoms with E-state index in [0.29, 0.717) is 23.9 Å². The Labute approximate surface area is 361 Å². The zero-order valence-corrected chi connectivity index (χ0v) is 36.2. The van der Waals surface area contributed by atoms with E-state index < -0.39 is 25.7 Å². The van der Waals surface area contributed by atoms with Crippen molar-refractivity contribution in [3.05, 3.63) is 117 Å². The summed E-state index contributed by atoms with van der Waals surface area (Å²) in [5.41, 5.74) is 5.66. The maximum atomic E-state index is 13.9. The van der Waals surface area contributed by atoms with Crippen molar-refractivity contribution in [2.24, 2.45) is 11.3 Å². The Morgan fingerprint density at radius 3 is 2.52 bits per heavy atom. The van der Waals surface area contributed by atoms with Gasteiger partial charge < -0.3 is 19.9 Å². The minimum Gasteiger partial charge on any atom is -0.455 e. The molecule has 3 aromatic carbocycles. The van der Waals surface area contributed by atoms with E-state index in [1.54, 1.807) is 30.5 Å². The third kappa shape index (κ3) is 10.0. The number of halogens is 1. The zero-order valence-electron chi connectivity index (χ0n) is 34.6. The molecule has 0 bridgehead atoms. The number of hydrogen-bond donors (Lipinski definition) is 3. The number of sulfonamides is 1. The smallest absolute Gasteiger partial charge is 0.293 e. The van der Waals surface area contributed by atoms with Crippen LogP contribution in [0.3, 0.4) is 0 Å². The minimum absolute atomic E-state index is 0.0257. The van der Waals surface area contributed by atoms with Gasteiger partial charge >= 0.3 is 0 Å². The third-order valence-corrected chi connectivity index (χ3v) is 13.9. The Bertz CT molecular complexity index is 2560. The summed E-state index contributed by atoms with van der Waals surface area (Å²) in [6, 6.07) is 20.6. The third-order valence-electron chi connectivity index (χ3n) is 12.4. The van der Waals surface area contributed by atoms with Crippen molar-refractivity contribution in [2.75, 3.05) is 49.5 Å². The van der Waals surface area contributed by atoms with E-state index in [4.69, 9.17) is 16.3 Å². The number of amides is 1. The maximum absolute atomic E-state index is 13.9. The number of nitrogens with one attached hydrogen (secondary N) is 3. The topological polar surface area (TPSA) is 163 Å². The van der Waals surface area contributed by atoms with Gasteiger partial charge in [0, 0.05) is 73.7 Å². The highest BCUT2D eigenvalue weighted by Gasteiger charge is 2.30. The number of H-pyrrole nitrogens is 1. The lowest BCUT2D eigenvalue weighted by Crippen LogP contribution is -2.47. The number of ether oxygens (including phenoxy) is 1. The van der Waals surface area contributed by atoms with Crippen molar-refractivity contribution < 1.29 is 22.9 Å². The van der Waals surface area contributed by atoms with Crippen LogP contribution in [0.5, 0.6) is 11.5 Å². The number of piperazine rings is 1. The van der Waals surface area contributed by atoms with Crippen LogP contribution in [-0.4, -0.2) is 73.4 Å². The predicted molar refractivity (Wildman–Crippen MR) is 240 cm³/mol. The monoisotopic (exact) mass is 865 g/mol. The molecule has 0 unspecified atom stereocenters. The van der Waals surface area contributed by atoms with Crippen LogP contribution in [0.15, 0.2) is 95.7 Å². The van der Waals surface area contributed by atoms with Crippen LogP contribution in [0, 0.1) is 21.4 Å². The molecular weight excluding hydrogens is 814 g/mol. The summed E-state index contributed by atoms with van der Waals surface area (Å²) < 4.78 is 35.8. The standard InChI is InChI=1S/C46H52ClN7O6S/c1-46(2)18-16-34(40(27-46)32-8-10-35(47)11-9-32)30-52-20-22-53(23-21-52)36-12-14-39(43(25-36)60-37-24-33-17-19-48-44(33)50-29-37)45(55)51-61(58,59)38-13-15-41(42(26-38)54(56)57)49-28-31-6-4-3-5-7-31/h8-15,17,19,24-26,29,31,49H,3-7,16,18,20-23,27-28,30H2,1-2H3,(H,48,50)(H,51,55). The number of rotatable bonds is 13.